The Morgan fingerprint density at radius 3 is 2.76 bits per heavy atom. The number of benzene rings is 1. The van der Waals surface area contributed by atoms with E-state index in [4.69, 9.17) is 0 Å². The van der Waals surface area contributed by atoms with Crippen molar-refractivity contribution in [3.8, 4) is 0 Å². The van der Waals surface area contributed by atoms with Crippen LogP contribution in [0.25, 0.3) is 0 Å². The summed E-state index contributed by atoms with van der Waals surface area (Å²) in [5.41, 5.74) is 0.922. The number of rotatable bonds is 6. The molecule has 1 aromatic heterocycles. The molecule has 132 valence electrons. The second kappa shape index (κ2) is 8.24. The highest BCUT2D eigenvalue weighted by Crippen LogP contribution is 2.28. The zero-order valence-corrected chi connectivity index (χ0v) is 14.3. The fourth-order valence-corrected chi connectivity index (χ4v) is 3.31. The van der Waals surface area contributed by atoms with Crippen LogP contribution >= 0.6 is 11.8 Å². The van der Waals surface area contributed by atoms with Crippen molar-refractivity contribution in [1.82, 2.24) is 15.3 Å². The second-order valence-corrected chi connectivity index (χ2v) is 6.63. The Balaban J connectivity index is 1.66. The fraction of sp³-hybridized carbons (Fsp3) is 0.353. The minimum absolute atomic E-state index is 0.218. The molecule has 0 spiro atoms. The van der Waals surface area contributed by atoms with E-state index >= 15 is 0 Å². The predicted molar refractivity (Wildman–Crippen MR) is 93.0 cm³/mol. The molecular formula is C17H18F2N4OS. The van der Waals surface area contributed by atoms with Gasteiger partial charge in [0.1, 0.15) is 0 Å². The summed E-state index contributed by atoms with van der Waals surface area (Å²) in [5, 5.41) is 2.74. The van der Waals surface area contributed by atoms with Crippen molar-refractivity contribution < 1.29 is 13.6 Å². The minimum Gasteiger partial charge on any atom is -0.346 e. The number of alkyl halides is 2. The number of thioether (sulfide) groups is 1. The highest BCUT2D eigenvalue weighted by Gasteiger charge is 2.17. The third-order valence-electron chi connectivity index (χ3n) is 3.87. The lowest BCUT2D eigenvalue weighted by Crippen LogP contribution is -2.25. The molecule has 1 aliphatic heterocycles. The van der Waals surface area contributed by atoms with E-state index in [0.29, 0.717) is 23.4 Å². The van der Waals surface area contributed by atoms with Gasteiger partial charge in [0.2, 0.25) is 5.95 Å². The Bertz CT molecular complexity index is 738. The lowest BCUT2D eigenvalue weighted by atomic mass is 10.2. The van der Waals surface area contributed by atoms with Gasteiger partial charge < -0.3 is 10.2 Å². The molecule has 0 aliphatic carbocycles. The van der Waals surface area contributed by atoms with E-state index < -0.39 is 11.7 Å². The summed E-state index contributed by atoms with van der Waals surface area (Å²) in [4.78, 5) is 23.4. The Labute approximate surface area is 148 Å². The topological polar surface area (TPSA) is 58.1 Å². The molecule has 1 amide bonds. The fourth-order valence-electron chi connectivity index (χ4n) is 2.67. The van der Waals surface area contributed by atoms with Crippen LogP contribution in [0.3, 0.4) is 0 Å². The summed E-state index contributed by atoms with van der Waals surface area (Å²) in [6.45, 7) is 2.10. The molecule has 0 bridgehead atoms. The van der Waals surface area contributed by atoms with Crippen molar-refractivity contribution in [3.05, 3.63) is 47.8 Å². The van der Waals surface area contributed by atoms with Crippen LogP contribution in [0.5, 0.6) is 0 Å². The third kappa shape index (κ3) is 4.66. The number of carbonyl (C=O) groups is 1. The van der Waals surface area contributed by atoms with E-state index in [-0.39, 0.29) is 17.0 Å². The molecule has 1 N–H and O–H groups in total. The number of hydrogen-bond donors (Lipinski definition) is 1. The molecule has 5 nitrogen and oxygen atoms in total. The summed E-state index contributed by atoms with van der Waals surface area (Å²) in [6.07, 6.45) is 3.93. The molecule has 0 radical (unpaired) electrons. The smallest absolute Gasteiger partial charge is 0.288 e. The van der Waals surface area contributed by atoms with Gasteiger partial charge in [0, 0.05) is 24.2 Å². The normalized spacial score (nSPS) is 14.1. The quantitative estimate of drug-likeness (QED) is 0.797. The van der Waals surface area contributed by atoms with Crippen molar-refractivity contribution in [3.63, 3.8) is 0 Å². The van der Waals surface area contributed by atoms with E-state index in [1.807, 2.05) is 0 Å². The zero-order valence-electron chi connectivity index (χ0n) is 13.5. The molecule has 25 heavy (non-hydrogen) atoms. The average Bonchev–Trinajstić information content (AvgIpc) is 3.15. The van der Waals surface area contributed by atoms with Gasteiger partial charge in [-0.15, -0.1) is 0 Å². The van der Waals surface area contributed by atoms with Crippen LogP contribution in [0.4, 0.5) is 14.7 Å². The van der Waals surface area contributed by atoms with Crippen LogP contribution in [0, 0.1) is 0 Å². The van der Waals surface area contributed by atoms with Gasteiger partial charge in [0.15, 0.2) is 0 Å². The molecular weight excluding hydrogens is 346 g/mol. The van der Waals surface area contributed by atoms with Crippen LogP contribution < -0.4 is 10.2 Å². The van der Waals surface area contributed by atoms with Gasteiger partial charge in [-0.05, 0) is 31.0 Å². The van der Waals surface area contributed by atoms with Crippen LogP contribution in [-0.2, 0) is 6.54 Å². The van der Waals surface area contributed by atoms with Gasteiger partial charge in [0.05, 0.1) is 17.8 Å². The largest absolute Gasteiger partial charge is 0.346 e. The van der Waals surface area contributed by atoms with Gasteiger partial charge in [-0.2, -0.15) is 8.78 Å². The molecule has 8 heteroatoms. The molecule has 1 aromatic carbocycles. The monoisotopic (exact) mass is 364 g/mol. The molecule has 2 aromatic rings. The number of amides is 1. The van der Waals surface area contributed by atoms with Crippen LogP contribution in [0.15, 0.2) is 41.4 Å². The first kappa shape index (κ1) is 17.6. The van der Waals surface area contributed by atoms with Crippen LogP contribution in [-0.4, -0.2) is 34.7 Å². The highest BCUT2D eigenvalue weighted by molar-refractivity contribution is 7.99. The van der Waals surface area contributed by atoms with E-state index in [1.165, 1.54) is 12.1 Å². The van der Waals surface area contributed by atoms with Crippen LogP contribution in [0.1, 0.15) is 28.9 Å². The number of hydrogen-bond acceptors (Lipinski definition) is 5. The maximum atomic E-state index is 12.6. The number of anilines is 1. The molecule has 0 atom stereocenters. The zero-order chi connectivity index (χ0) is 17.6. The Hall–Kier alpha value is -2.22. The first-order valence-electron chi connectivity index (χ1n) is 8.02. The summed E-state index contributed by atoms with van der Waals surface area (Å²) < 4.78 is 25.2. The molecule has 0 unspecified atom stereocenters. The van der Waals surface area contributed by atoms with Crippen molar-refractivity contribution in [1.29, 1.82) is 0 Å². The lowest BCUT2D eigenvalue weighted by Gasteiger charge is -2.15. The Morgan fingerprint density at radius 2 is 2.00 bits per heavy atom. The Kier molecular flexibility index (Phi) is 5.80. The number of aromatic nitrogens is 2. The van der Waals surface area contributed by atoms with Gasteiger partial charge >= 0.3 is 0 Å². The van der Waals surface area contributed by atoms with E-state index in [9.17, 15) is 13.6 Å². The predicted octanol–water partition coefficient (Wildman–Crippen LogP) is 3.32. The number of halogens is 2. The van der Waals surface area contributed by atoms with Crippen molar-refractivity contribution in [2.24, 2.45) is 0 Å². The number of nitrogens with one attached hydrogen (secondary N) is 1. The van der Waals surface area contributed by atoms with E-state index in [0.717, 1.165) is 25.9 Å². The number of carbonyl (C=O) groups excluding carboxylic acids is 1. The van der Waals surface area contributed by atoms with Crippen molar-refractivity contribution in [2.75, 3.05) is 18.0 Å². The van der Waals surface area contributed by atoms with Crippen molar-refractivity contribution >= 4 is 23.6 Å². The summed E-state index contributed by atoms with van der Waals surface area (Å²) >= 11 is 0.368. The summed E-state index contributed by atoms with van der Waals surface area (Å²) in [5.74, 6) is -2.30. The molecule has 2 heterocycles. The molecule has 0 saturated carbocycles. The summed E-state index contributed by atoms with van der Waals surface area (Å²) in [6, 6.07) is 8.08. The maximum Gasteiger partial charge on any atom is 0.288 e. The number of nitrogens with zero attached hydrogens (tertiary/aromatic N) is 3. The molecule has 1 saturated heterocycles. The summed E-state index contributed by atoms with van der Waals surface area (Å²) in [7, 11) is 0. The average molecular weight is 364 g/mol. The minimum atomic E-state index is -2.57. The maximum absolute atomic E-state index is 12.6. The molecule has 1 aliphatic rings. The third-order valence-corrected chi connectivity index (χ3v) is 4.66. The standard InChI is InChI=1S/C17H18F2N4OS/c18-16(19)25-14-6-2-1-5-13(14)15(24)21-11-12-7-8-20-17(22-12)23-9-3-4-10-23/h1-2,5-8,16H,3-4,9-11H2,(H,21,24). The van der Waals surface area contributed by atoms with E-state index in [2.05, 4.69) is 20.2 Å². The molecule has 1 fully saturated rings. The Morgan fingerprint density at radius 1 is 1.24 bits per heavy atom. The second-order valence-electron chi connectivity index (χ2n) is 5.60. The van der Waals surface area contributed by atoms with E-state index in [1.54, 1.807) is 24.4 Å². The SMILES string of the molecule is O=C(NCc1ccnc(N2CCCC2)n1)c1ccccc1SC(F)F. The highest BCUT2D eigenvalue weighted by atomic mass is 32.2. The van der Waals surface area contributed by atoms with Crippen molar-refractivity contribution in [2.45, 2.75) is 30.0 Å². The van der Waals surface area contributed by atoms with Gasteiger partial charge in [-0.1, -0.05) is 23.9 Å². The molecule has 3 rings (SSSR count). The van der Waals surface area contributed by atoms with Gasteiger partial charge in [-0.25, -0.2) is 9.97 Å². The van der Waals surface area contributed by atoms with Gasteiger partial charge in [0.25, 0.3) is 11.7 Å². The first-order valence-corrected chi connectivity index (χ1v) is 8.90. The lowest BCUT2D eigenvalue weighted by molar-refractivity contribution is 0.0947. The van der Waals surface area contributed by atoms with Gasteiger partial charge in [-0.3, -0.25) is 4.79 Å². The first-order chi connectivity index (χ1) is 12.1. The van der Waals surface area contributed by atoms with Crippen LogP contribution in [0.2, 0.25) is 0 Å².